The molecule has 0 radical (unpaired) electrons. The lowest BCUT2D eigenvalue weighted by Gasteiger charge is -2.20. The molecule has 1 heterocycles. The highest BCUT2D eigenvalue weighted by Gasteiger charge is 2.31. The topological polar surface area (TPSA) is 30.5 Å². The molecule has 0 saturated carbocycles. The van der Waals surface area contributed by atoms with Crippen LogP contribution in [-0.2, 0) is 4.74 Å². The van der Waals surface area contributed by atoms with E-state index >= 15 is 0 Å². The molecule has 3 heteroatoms. The average molecular weight is 249 g/mol. The standard InChI is InChI=1S/C15H23NO2/c1-11-9-12(5-6-14(11)17-4)16-10-13-7-8-15(2,3)18-13/h5-6,9,13,16H,7-8,10H2,1-4H3. The Morgan fingerprint density at radius 2 is 2.22 bits per heavy atom. The molecule has 1 fully saturated rings. The Balaban J connectivity index is 1.89. The van der Waals surface area contributed by atoms with E-state index in [0.717, 1.165) is 36.4 Å². The van der Waals surface area contributed by atoms with Crippen molar-refractivity contribution in [3.05, 3.63) is 23.8 Å². The van der Waals surface area contributed by atoms with Gasteiger partial charge in [-0.05, 0) is 57.4 Å². The molecule has 100 valence electrons. The minimum Gasteiger partial charge on any atom is -0.496 e. The number of methoxy groups -OCH3 is 1. The van der Waals surface area contributed by atoms with Crippen LogP contribution in [0.5, 0.6) is 5.75 Å². The summed E-state index contributed by atoms with van der Waals surface area (Å²) in [5, 5.41) is 3.44. The van der Waals surface area contributed by atoms with Gasteiger partial charge in [-0.15, -0.1) is 0 Å². The van der Waals surface area contributed by atoms with E-state index < -0.39 is 0 Å². The Kier molecular flexibility index (Phi) is 3.81. The summed E-state index contributed by atoms with van der Waals surface area (Å²) in [7, 11) is 1.70. The Labute approximate surface area is 109 Å². The second kappa shape index (κ2) is 5.19. The number of nitrogens with one attached hydrogen (secondary N) is 1. The van der Waals surface area contributed by atoms with Crippen molar-refractivity contribution >= 4 is 5.69 Å². The minimum atomic E-state index is 0.0438. The van der Waals surface area contributed by atoms with Gasteiger partial charge in [-0.1, -0.05) is 0 Å². The summed E-state index contributed by atoms with van der Waals surface area (Å²) in [5.41, 5.74) is 2.32. The van der Waals surface area contributed by atoms with E-state index in [0.29, 0.717) is 6.10 Å². The minimum absolute atomic E-state index is 0.0438. The molecule has 2 rings (SSSR count). The highest BCUT2D eigenvalue weighted by atomic mass is 16.5. The molecule has 1 aromatic rings. The normalized spacial score (nSPS) is 21.9. The molecule has 0 bridgehead atoms. The van der Waals surface area contributed by atoms with Crippen LogP contribution in [0.4, 0.5) is 5.69 Å². The molecule has 1 aliphatic rings. The van der Waals surface area contributed by atoms with Gasteiger partial charge in [0, 0.05) is 12.2 Å². The summed E-state index contributed by atoms with van der Waals surface area (Å²) in [6.07, 6.45) is 2.60. The monoisotopic (exact) mass is 249 g/mol. The quantitative estimate of drug-likeness (QED) is 0.887. The molecular weight excluding hydrogens is 226 g/mol. The lowest BCUT2D eigenvalue weighted by atomic mass is 10.1. The lowest BCUT2D eigenvalue weighted by Crippen LogP contribution is -2.24. The number of anilines is 1. The van der Waals surface area contributed by atoms with Gasteiger partial charge < -0.3 is 14.8 Å². The van der Waals surface area contributed by atoms with Crippen molar-refractivity contribution in [1.29, 1.82) is 0 Å². The summed E-state index contributed by atoms with van der Waals surface area (Å²) < 4.78 is 11.2. The zero-order valence-electron chi connectivity index (χ0n) is 11.7. The smallest absolute Gasteiger partial charge is 0.121 e. The van der Waals surface area contributed by atoms with Crippen molar-refractivity contribution in [3.63, 3.8) is 0 Å². The Morgan fingerprint density at radius 1 is 1.44 bits per heavy atom. The molecule has 18 heavy (non-hydrogen) atoms. The van der Waals surface area contributed by atoms with Gasteiger partial charge in [0.25, 0.3) is 0 Å². The van der Waals surface area contributed by atoms with Gasteiger partial charge in [0.1, 0.15) is 5.75 Å². The fourth-order valence-electron chi connectivity index (χ4n) is 2.44. The van der Waals surface area contributed by atoms with Crippen molar-refractivity contribution in [2.45, 2.75) is 45.3 Å². The first-order chi connectivity index (χ1) is 8.50. The maximum Gasteiger partial charge on any atom is 0.121 e. The summed E-state index contributed by atoms with van der Waals surface area (Å²) in [5.74, 6) is 0.929. The number of benzene rings is 1. The van der Waals surface area contributed by atoms with Gasteiger partial charge in [0.2, 0.25) is 0 Å². The number of ether oxygens (including phenoxy) is 2. The number of hydrogen-bond donors (Lipinski definition) is 1. The SMILES string of the molecule is COc1ccc(NCC2CCC(C)(C)O2)cc1C. The molecule has 1 atom stereocenters. The largest absolute Gasteiger partial charge is 0.496 e. The second-order valence-electron chi connectivity index (χ2n) is 5.60. The number of aryl methyl sites for hydroxylation is 1. The summed E-state index contributed by atoms with van der Waals surface area (Å²) >= 11 is 0. The van der Waals surface area contributed by atoms with Crippen LogP contribution in [-0.4, -0.2) is 25.4 Å². The van der Waals surface area contributed by atoms with Crippen molar-refractivity contribution in [2.75, 3.05) is 19.0 Å². The first-order valence-electron chi connectivity index (χ1n) is 6.56. The molecule has 1 N–H and O–H groups in total. The third kappa shape index (κ3) is 3.16. The van der Waals surface area contributed by atoms with Crippen molar-refractivity contribution in [1.82, 2.24) is 0 Å². The third-order valence-corrected chi connectivity index (χ3v) is 3.48. The number of rotatable bonds is 4. The maximum absolute atomic E-state index is 5.96. The average Bonchev–Trinajstić information content (AvgIpc) is 2.66. The highest BCUT2D eigenvalue weighted by molar-refractivity contribution is 5.50. The van der Waals surface area contributed by atoms with E-state index in [1.807, 2.05) is 12.1 Å². The molecule has 0 spiro atoms. The highest BCUT2D eigenvalue weighted by Crippen LogP contribution is 2.29. The van der Waals surface area contributed by atoms with Crippen LogP contribution in [0, 0.1) is 6.92 Å². The first kappa shape index (κ1) is 13.2. The summed E-state index contributed by atoms with van der Waals surface area (Å²) in [6.45, 7) is 7.24. The molecule has 0 aromatic heterocycles. The van der Waals surface area contributed by atoms with Gasteiger partial charge >= 0.3 is 0 Å². The van der Waals surface area contributed by atoms with E-state index in [1.165, 1.54) is 0 Å². The summed E-state index contributed by atoms with van der Waals surface area (Å²) in [6, 6.07) is 6.15. The van der Waals surface area contributed by atoms with Gasteiger partial charge in [-0.2, -0.15) is 0 Å². The number of hydrogen-bond acceptors (Lipinski definition) is 3. The van der Waals surface area contributed by atoms with Crippen LogP contribution < -0.4 is 10.1 Å². The van der Waals surface area contributed by atoms with Gasteiger partial charge in [0.15, 0.2) is 0 Å². The van der Waals surface area contributed by atoms with Crippen LogP contribution in [0.1, 0.15) is 32.3 Å². The van der Waals surface area contributed by atoms with E-state index in [-0.39, 0.29) is 5.60 Å². The Morgan fingerprint density at radius 3 is 2.78 bits per heavy atom. The fourth-order valence-corrected chi connectivity index (χ4v) is 2.44. The van der Waals surface area contributed by atoms with E-state index in [4.69, 9.17) is 9.47 Å². The zero-order chi connectivity index (χ0) is 13.2. The van der Waals surface area contributed by atoms with Crippen molar-refractivity contribution < 1.29 is 9.47 Å². The van der Waals surface area contributed by atoms with Gasteiger partial charge in [-0.3, -0.25) is 0 Å². The molecule has 0 aliphatic carbocycles. The molecule has 0 amide bonds. The van der Waals surface area contributed by atoms with E-state index in [1.54, 1.807) is 7.11 Å². The second-order valence-corrected chi connectivity index (χ2v) is 5.60. The van der Waals surface area contributed by atoms with E-state index in [9.17, 15) is 0 Å². The predicted octanol–water partition coefficient (Wildman–Crippen LogP) is 3.37. The molecule has 1 aromatic carbocycles. The van der Waals surface area contributed by atoms with Crippen molar-refractivity contribution in [2.24, 2.45) is 0 Å². The van der Waals surface area contributed by atoms with Gasteiger partial charge in [0.05, 0.1) is 18.8 Å². The Bertz CT molecular complexity index is 415. The molecule has 3 nitrogen and oxygen atoms in total. The molecule has 1 saturated heterocycles. The zero-order valence-corrected chi connectivity index (χ0v) is 11.7. The Hall–Kier alpha value is -1.22. The van der Waals surface area contributed by atoms with E-state index in [2.05, 4.69) is 32.2 Å². The molecule has 1 unspecified atom stereocenters. The maximum atomic E-state index is 5.96. The third-order valence-electron chi connectivity index (χ3n) is 3.48. The molecule has 1 aliphatic heterocycles. The van der Waals surface area contributed by atoms with Crippen LogP contribution in [0.3, 0.4) is 0 Å². The van der Waals surface area contributed by atoms with Crippen molar-refractivity contribution in [3.8, 4) is 5.75 Å². The fraction of sp³-hybridized carbons (Fsp3) is 0.600. The van der Waals surface area contributed by atoms with Crippen LogP contribution in [0.2, 0.25) is 0 Å². The van der Waals surface area contributed by atoms with Crippen LogP contribution >= 0.6 is 0 Å². The van der Waals surface area contributed by atoms with Crippen LogP contribution in [0.15, 0.2) is 18.2 Å². The predicted molar refractivity (Wildman–Crippen MR) is 74.4 cm³/mol. The first-order valence-corrected chi connectivity index (χ1v) is 6.56. The van der Waals surface area contributed by atoms with Crippen LogP contribution in [0.25, 0.3) is 0 Å². The molecular formula is C15H23NO2. The summed E-state index contributed by atoms with van der Waals surface area (Å²) in [4.78, 5) is 0. The van der Waals surface area contributed by atoms with Gasteiger partial charge in [-0.25, -0.2) is 0 Å². The lowest BCUT2D eigenvalue weighted by molar-refractivity contribution is -0.00910.